The lowest BCUT2D eigenvalue weighted by Gasteiger charge is -2.24. The number of nitrogens with two attached hydrogens (primary N) is 2. The average molecular weight is 1360 g/mol. The van der Waals surface area contributed by atoms with E-state index < -0.39 is 115 Å². The van der Waals surface area contributed by atoms with Crippen LogP contribution in [0.15, 0.2) is 97.6 Å². The molecule has 6 heterocycles. The first-order chi connectivity index (χ1) is 42.0. The van der Waals surface area contributed by atoms with Crippen molar-refractivity contribution >= 4 is 129 Å². The fraction of sp³-hybridized carbons (Fsp3) is 0.259. The quantitative estimate of drug-likeness (QED) is 0.0442. The Labute approximate surface area is 529 Å². The Balaban J connectivity index is 0.000000265. The number of carbonyl (C=O) groups is 6. The molecule has 4 atom stereocenters. The first-order valence-corrected chi connectivity index (χ1v) is 26.9. The van der Waals surface area contributed by atoms with Gasteiger partial charge in [0.15, 0.2) is 34.7 Å². The highest BCUT2D eigenvalue weighted by Gasteiger charge is 2.41. The standard InChI is InChI=1S/C27H22F5N7O4.C15H13N5O3.C12H11F5N2O2.ClH.S2.H2S/c1-13(40)24-17-7-14(15-9-34-26(33)35-10-15)5-6-19(17)39(37-24)12-22(41)38-11-16(28)8-20(38)25(42)36-18-3-2-4-21(23(18)29)43-27(30,31)32;1-8(21)14-11-4-9(10-5-17-15(16)18-6-10)2-3-12(11)20(19-14)7-13(22)23;13-6-4-8(18-5-6)11(20)19-7-2-1-3-9(10(7)14)21-12(15,16)17;;1-2;/h2-7,9-10,16,20H,8,11-12H2,1H3,(H,36,42)(H2,33,34,35);2-6H,7H2,1H3,(H,22,23)(H2,16,17,18);1-3,6,8,18H,4-5H2,(H,19,20);1H;;1H2/t16-,20+;;6-,8+;;;/m1.1.../s1. The highest BCUT2D eigenvalue weighted by molar-refractivity contribution is 8.07. The molecular weight excluding hydrogens is 1310 g/mol. The Morgan fingerprint density at radius 1 is 0.648 bits per heavy atom. The van der Waals surface area contributed by atoms with Crippen LogP contribution in [0.25, 0.3) is 44.1 Å². The summed E-state index contributed by atoms with van der Waals surface area (Å²) in [6.45, 7) is 1.44. The maximum atomic E-state index is 14.6. The molecular formula is C54H49ClF10N14O9S3. The molecule has 0 saturated carbocycles. The van der Waals surface area contributed by atoms with Gasteiger partial charge in [0.25, 0.3) is 0 Å². The number of likely N-dealkylation sites (tertiary alicyclic amines) is 1. The zero-order valence-corrected chi connectivity index (χ0v) is 50.1. The minimum Gasteiger partial charge on any atom is -0.480 e. The van der Waals surface area contributed by atoms with Crippen LogP contribution < -0.4 is 36.9 Å². The van der Waals surface area contributed by atoms with Crippen LogP contribution in [0.5, 0.6) is 11.5 Å². The van der Waals surface area contributed by atoms with Gasteiger partial charge in [-0.3, -0.25) is 38.1 Å². The maximum absolute atomic E-state index is 14.6. The molecule has 0 bridgehead atoms. The van der Waals surface area contributed by atoms with Crippen LogP contribution >= 0.6 is 25.9 Å². The zero-order valence-electron chi connectivity index (χ0n) is 46.7. The Hall–Kier alpha value is -9.26. The van der Waals surface area contributed by atoms with E-state index in [-0.39, 0.29) is 80.3 Å². The largest absolute Gasteiger partial charge is 0.573 e. The number of aromatic nitrogens is 8. The van der Waals surface area contributed by atoms with Crippen molar-refractivity contribution in [3.63, 3.8) is 0 Å². The molecule has 2 saturated heterocycles. The monoisotopic (exact) mass is 1360 g/mol. The van der Waals surface area contributed by atoms with E-state index in [0.717, 1.165) is 52.4 Å². The van der Waals surface area contributed by atoms with Crippen molar-refractivity contribution < 1.29 is 87.3 Å². The second-order valence-electron chi connectivity index (χ2n) is 19.1. The summed E-state index contributed by atoms with van der Waals surface area (Å²) in [6.07, 6.45) is -7.35. The van der Waals surface area contributed by atoms with Crippen molar-refractivity contribution in [2.24, 2.45) is 0 Å². The highest BCUT2D eigenvalue weighted by atomic mass is 35.5. The first kappa shape index (κ1) is 72.5. The van der Waals surface area contributed by atoms with E-state index in [1.807, 2.05) is 0 Å². The lowest BCUT2D eigenvalue weighted by Crippen LogP contribution is -2.44. The average Bonchev–Trinajstić information content (AvgIpc) is 1.66. The number of nitrogens with one attached hydrogen (secondary N) is 3. The van der Waals surface area contributed by atoms with E-state index in [1.165, 1.54) is 35.6 Å². The lowest BCUT2D eigenvalue weighted by atomic mass is 10.0. The SMILES string of the molecule is CC(=O)c1nn(CC(=O)N2C[C@H](F)C[C@H]2C(=O)Nc2cccc(OC(F)(F)F)c2F)c2ccc(-c3cnc(N)nc3)cc12.CC(=O)c1nn(CC(=O)O)c2ccc(-c3cnc(N)nc3)cc12.Cl.O=C(Nc1cccc(OC(F)(F)F)c1F)[C@@H]1C[C@@H](F)CN1.S.S=S. The van der Waals surface area contributed by atoms with Crippen LogP contribution in [-0.4, -0.2) is 135 Å². The van der Waals surface area contributed by atoms with Crippen molar-refractivity contribution in [1.29, 1.82) is 0 Å². The third-order valence-corrected chi connectivity index (χ3v) is 12.9. The molecule has 10 rings (SSSR count). The van der Waals surface area contributed by atoms with Crippen molar-refractivity contribution in [1.82, 2.24) is 49.7 Å². The molecule has 484 valence electrons. The van der Waals surface area contributed by atoms with Crippen molar-refractivity contribution in [2.75, 3.05) is 35.2 Å². The lowest BCUT2D eigenvalue weighted by molar-refractivity contribution is -0.276. The number of carbonyl (C=O) groups excluding carboxylic acids is 5. The predicted molar refractivity (Wildman–Crippen MR) is 320 cm³/mol. The molecule has 4 aromatic carbocycles. The van der Waals surface area contributed by atoms with E-state index in [0.29, 0.717) is 32.9 Å². The van der Waals surface area contributed by atoms with Gasteiger partial charge in [0, 0.05) is 102 Å². The molecule has 0 radical (unpaired) electrons. The predicted octanol–water partition coefficient (Wildman–Crippen LogP) is 8.15. The summed E-state index contributed by atoms with van der Waals surface area (Å²) in [5.41, 5.74) is 14.0. The number of Topliss-reactive ketones (excluding diaryl/α,β-unsaturated/α-hetero) is 2. The third kappa shape index (κ3) is 18.7. The summed E-state index contributed by atoms with van der Waals surface area (Å²) < 4.78 is 139. The fourth-order valence-electron chi connectivity index (χ4n) is 9.06. The van der Waals surface area contributed by atoms with Gasteiger partial charge in [0.05, 0.1) is 35.0 Å². The van der Waals surface area contributed by atoms with Crippen LogP contribution in [0.3, 0.4) is 0 Å². The van der Waals surface area contributed by atoms with Gasteiger partial charge in [-0.2, -0.15) is 23.7 Å². The number of anilines is 4. The second-order valence-corrected chi connectivity index (χ2v) is 19.1. The number of carboxylic acid groups (broad SMARTS) is 1. The van der Waals surface area contributed by atoms with Crippen molar-refractivity contribution in [3.05, 3.63) is 121 Å². The van der Waals surface area contributed by atoms with Crippen molar-refractivity contribution in [3.8, 4) is 33.8 Å². The second kappa shape index (κ2) is 31.0. The first-order valence-electron chi connectivity index (χ1n) is 25.6. The molecule has 0 aliphatic carbocycles. The van der Waals surface area contributed by atoms with E-state index in [2.05, 4.69) is 77.9 Å². The molecule has 0 spiro atoms. The Morgan fingerprint density at radius 3 is 1.47 bits per heavy atom. The van der Waals surface area contributed by atoms with Gasteiger partial charge in [-0.25, -0.2) is 37.5 Å². The molecule has 3 amide bonds. The fourth-order valence-corrected chi connectivity index (χ4v) is 9.06. The molecule has 8 aromatic rings. The number of hydrogen-bond acceptors (Lipinski definition) is 19. The maximum Gasteiger partial charge on any atom is 0.573 e. The normalized spacial score (nSPS) is 15.8. The van der Waals surface area contributed by atoms with Crippen LogP contribution in [0.4, 0.5) is 67.2 Å². The number of nitrogens with zero attached hydrogens (tertiary/aromatic N) is 9. The molecule has 0 unspecified atom stereocenters. The number of aliphatic carboxylic acids is 1. The minimum atomic E-state index is -5.18. The molecule has 2 fully saturated rings. The topological polar surface area (TPSA) is 320 Å². The number of rotatable bonds is 14. The van der Waals surface area contributed by atoms with Crippen molar-refractivity contribution in [2.45, 2.75) is 76.9 Å². The summed E-state index contributed by atoms with van der Waals surface area (Å²) in [6, 6.07) is 13.7. The summed E-state index contributed by atoms with van der Waals surface area (Å²) in [5.74, 6) is -8.93. The Kier molecular flexibility index (Phi) is 24.7. The molecule has 4 aromatic heterocycles. The summed E-state index contributed by atoms with van der Waals surface area (Å²) in [7, 11) is 0. The zero-order chi connectivity index (χ0) is 65.2. The molecule has 23 nitrogen and oxygen atoms in total. The number of ketones is 2. The third-order valence-electron chi connectivity index (χ3n) is 12.9. The summed E-state index contributed by atoms with van der Waals surface area (Å²) >= 11 is 7.33. The van der Waals surface area contributed by atoms with Crippen LogP contribution in [-0.2, 0) is 54.6 Å². The summed E-state index contributed by atoms with van der Waals surface area (Å²) in [5, 5.41) is 25.2. The molecule has 8 N–H and O–H groups in total. The summed E-state index contributed by atoms with van der Waals surface area (Å²) in [4.78, 5) is 89.9. The highest BCUT2D eigenvalue weighted by Crippen LogP contribution is 2.34. The van der Waals surface area contributed by atoms with E-state index in [9.17, 15) is 72.7 Å². The number of carboxylic acids is 1. The van der Waals surface area contributed by atoms with Crippen LogP contribution in [0.2, 0.25) is 0 Å². The molecule has 2 aliphatic rings. The smallest absolute Gasteiger partial charge is 0.480 e. The number of fused-ring (bicyclic) bond motifs is 2. The molecule has 37 heteroatoms. The van der Waals surface area contributed by atoms with Gasteiger partial charge in [-0.15, -0.1) is 38.7 Å². The van der Waals surface area contributed by atoms with Gasteiger partial charge in [-0.1, -0.05) is 24.3 Å². The number of halogens is 11. The number of hydrogen-bond donors (Lipinski definition) is 6. The number of benzene rings is 4. The molecule has 91 heavy (non-hydrogen) atoms. The van der Waals surface area contributed by atoms with Gasteiger partial charge in [0.1, 0.15) is 42.9 Å². The minimum absolute atomic E-state index is 0. The number of alkyl halides is 8. The number of amides is 3. The van der Waals surface area contributed by atoms with Gasteiger partial charge >= 0.3 is 18.7 Å². The van der Waals surface area contributed by atoms with Gasteiger partial charge < -0.3 is 46.9 Å². The van der Waals surface area contributed by atoms with Crippen LogP contribution in [0, 0.1) is 11.6 Å². The Morgan fingerprint density at radius 2 is 1.08 bits per heavy atom. The van der Waals surface area contributed by atoms with Crippen LogP contribution in [0.1, 0.15) is 47.7 Å². The van der Waals surface area contributed by atoms with Gasteiger partial charge in [0.2, 0.25) is 29.6 Å². The van der Waals surface area contributed by atoms with E-state index >= 15 is 0 Å². The number of nitrogen functional groups attached to an aromatic ring is 2. The van der Waals surface area contributed by atoms with E-state index in [4.69, 9.17) is 16.6 Å². The Bertz CT molecular complexity index is 3970. The molecule has 2 aliphatic heterocycles. The van der Waals surface area contributed by atoms with Gasteiger partial charge in [-0.05, 0) is 59.7 Å². The number of ether oxygens (including phenoxy) is 2. The van der Waals surface area contributed by atoms with E-state index in [1.54, 1.807) is 48.8 Å².